The van der Waals surface area contributed by atoms with Crippen molar-refractivity contribution in [2.24, 2.45) is 0 Å². The van der Waals surface area contributed by atoms with Crippen LogP contribution in [0.2, 0.25) is 0 Å². The van der Waals surface area contributed by atoms with Crippen LogP contribution >= 0.6 is 24.0 Å². The van der Waals surface area contributed by atoms with Gasteiger partial charge >= 0.3 is 0 Å². The molecule has 2 aliphatic heterocycles. The number of hydrogen-bond donors (Lipinski definition) is 0. The molecule has 1 aromatic rings. The third kappa shape index (κ3) is 3.97. The third-order valence-electron chi connectivity index (χ3n) is 4.72. The zero-order valence-electron chi connectivity index (χ0n) is 14.8. The number of anilines is 1. The second kappa shape index (κ2) is 7.70. The average molecular weight is 411 g/mol. The van der Waals surface area contributed by atoms with Crippen molar-refractivity contribution >= 4 is 55.8 Å². The highest BCUT2D eigenvalue weighted by Gasteiger charge is 2.42. The summed E-state index contributed by atoms with van der Waals surface area (Å²) in [5.74, 6) is -0.0544. The Morgan fingerprint density at radius 1 is 1.27 bits per heavy atom. The molecule has 2 heterocycles. The minimum Gasteiger partial charge on any atom is -0.372 e. The van der Waals surface area contributed by atoms with E-state index >= 15 is 0 Å². The lowest BCUT2D eigenvalue weighted by Crippen LogP contribution is -2.39. The fourth-order valence-corrected chi connectivity index (χ4v) is 6.40. The van der Waals surface area contributed by atoms with Crippen molar-refractivity contribution in [1.29, 1.82) is 0 Å². The van der Waals surface area contributed by atoms with Crippen molar-refractivity contribution in [1.82, 2.24) is 4.90 Å². The van der Waals surface area contributed by atoms with Crippen LogP contribution in [0.25, 0.3) is 6.08 Å². The van der Waals surface area contributed by atoms with Crippen LogP contribution in [-0.4, -0.2) is 54.2 Å². The molecule has 0 aromatic heterocycles. The molecular weight excluding hydrogens is 388 g/mol. The minimum absolute atomic E-state index is 0.00525. The van der Waals surface area contributed by atoms with Crippen LogP contribution in [-0.2, 0) is 14.6 Å². The molecule has 2 saturated heterocycles. The van der Waals surface area contributed by atoms with Crippen molar-refractivity contribution in [2.45, 2.75) is 26.3 Å². The molecule has 1 atom stereocenters. The molecule has 26 heavy (non-hydrogen) atoms. The van der Waals surface area contributed by atoms with Gasteiger partial charge in [-0.3, -0.25) is 9.69 Å². The molecule has 140 valence electrons. The van der Waals surface area contributed by atoms with E-state index < -0.39 is 9.84 Å². The first-order valence-corrected chi connectivity index (χ1v) is 11.7. The van der Waals surface area contributed by atoms with Crippen LogP contribution in [0.4, 0.5) is 5.69 Å². The molecule has 5 nitrogen and oxygen atoms in total. The molecule has 0 unspecified atom stereocenters. The first kappa shape index (κ1) is 19.4. The summed E-state index contributed by atoms with van der Waals surface area (Å²) in [6.45, 7) is 6.12. The highest BCUT2D eigenvalue weighted by atomic mass is 32.2. The summed E-state index contributed by atoms with van der Waals surface area (Å²) in [6, 6.07) is 7.73. The number of thiocarbonyl (C=S) groups is 1. The SMILES string of the molecule is CCN(CC)c1ccc(/C=C2\SC(=S)N([C@H]3CCS(=O)(=O)C3)C2=O)cc1. The number of thioether (sulfide) groups is 1. The first-order valence-electron chi connectivity index (χ1n) is 8.67. The van der Waals surface area contributed by atoms with Gasteiger partial charge in [0.15, 0.2) is 9.84 Å². The molecule has 0 bridgehead atoms. The number of hydrogen-bond acceptors (Lipinski definition) is 6. The molecule has 2 fully saturated rings. The fourth-order valence-electron chi connectivity index (χ4n) is 3.30. The normalized spacial score (nSPS) is 23.8. The van der Waals surface area contributed by atoms with E-state index in [1.54, 1.807) is 0 Å². The van der Waals surface area contributed by atoms with E-state index in [0.29, 0.717) is 15.6 Å². The molecule has 0 spiro atoms. The van der Waals surface area contributed by atoms with E-state index in [9.17, 15) is 13.2 Å². The van der Waals surface area contributed by atoms with E-state index in [1.165, 1.54) is 16.7 Å². The lowest BCUT2D eigenvalue weighted by Gasteiger charge is -2.21. The lowest BCUT2D eigenvalue weighted by molar-refractivity contribution is -0.123. The van der Waals surface area contributed by atoms with Gasteiger partial charge in [0.1, 0.15) is 4.32 Å². The molecule has 1 amide bonds. The third-order valence-corrected chi connectivity index (χ3v) is 7.80. The molecule has 1 aromatic carbocycles. The fraction of sp³-hybridized carbons (Fsp3) is 0.444. The summed E-state index contributed by atoms with van der Waals surface area (Å²) >= 11 is 6.58. The van der Waals surface area contributed by atoms with Gasteiger partial charge in [0.25, 0.3) is 5.91 Å². The van der Waals surface area contributed by atoms with Gasteiger partial charge in [0, 0.05) is 18.8 Å². The second-order valence-electron chi connectivity index (χ2n) is 6.37. The van der Waals surface area contributed by atoms with Crippen LogP contribution in [0.5, 0.6) is 0 Å². The van der Waals surface area contributed by atoms with Crippen molar-refractivity contribution < 1.29 is 13.2 Å². The van der Waals surface area contributed by atoms with E-state index in [-0.39, 0.29) is 23.5 Å². The van der Waals surface area contributed by atoms with Gasteiger partial charge in [-0.1, -0.05) is 36.1 Å². The second-order valence-corrected chi connectivity index (χ2v) is 10.3. The van der Waals surface area contributed by atoms with Gasteiger partial charge in [0.2, 0.25) is 0 Å². The van der Waals surface area contributed by atoms with Crippen LogP contribution in [0.15, 0.2) is 29.2 Å². The monoisotopic (exact) mass is 410 g/mol. The van der Waals surface area contributed by atoms with Crippen molar-refractivity contribution in [2.75, 3.05) is 29.5 Å². The van der Waals surface area contributed by atoms with E-state index in [1.807, 2.05) is 30.3 Å². The summed E-state index contributed by atoms with van der Waals surface area (Å²) in [5.41, 5.74) is 2.08. The Morgan fingerprint density at radius 3 is 2.46 bits per heavy atom. The molecule has 0 aliphatic carbocycles. The molecule has 0 saturated carbocycles. The number of sulfone groups is 1. The highest BCUT2D eigenvalue weighted by Crippen LogP contribution is 2.36. The number of benzene rings is 1. The maximum Gasteiger partial charge on any atom is 0.266 e. The number of nitrogens with zero attached hydrogens (tertiary/aromatic N) is 2. The van der Waals surface area contributed by atoms with Crippen LogP contribution < -0.4 is 4.90 Å². The molecular formula is C18H22N2O3S3. The summed E-state index contributed by atoms with van der Waals surface area (Å²) in [6.07, 6.45) is 2.29. The van der Waals surface area contributed by atoms with E-state index in [4.69, 9.17) is 12.2 Å². The quantitative estimate of drug-likeness (QED) is 0.550. The molecule has 2 aliphatic rings. The Morgan fingerprint density at radius 2 is 1.92 bits per heavy atom. The largest absolute Gasteiger partial charge is 0.372 e. The summed E-state index contributed by atoms with van der Waals surface area (Å²) < 4.78 is 23.9. The van der Waals surface area contributed by atoms with Gasteiger partial charge in [-0.15, -0.1) is 0 Å². The Hall–Kier alpha value is -1.38. The predicted molar refractivity (Wildman–Crippen MR) is 112 cm³/mol. The lowest BCUT2D eigenvalue weighted by atomic mass is 10.1. The van der Waals surface area contributed by atoms with Crippen LogP contribution in [0.1, 0.15) is 25.8 Å². The average Bonchev–Trinajstić information content (AvgIpc) is 3.09. The molecule has 8 heteroatoms. The Labute approximate surface area is 164 Å². The maximum absolute atomic E-state index is 12.7. The topological polar surface area (TPSA) is 57.7 Å². The Bertz CT molecular complexity index is 843. The van der Waals surface area contributed by atoms with Crippen molar-refractivity contribution in [3.05, 3.63) is 34.7 Å². The van der Waals surface area contributed by atoms with Gasteiger partial charge in [-0.2, -0.15) is 0 Å². The van der Waals surface area contributed by atoms with Crippen LogP contribution in [0, 0.1) is 0 Å². The number of rotatable bonds is 5. The van der Waals surface area contributed by atoms with Gasteiger partial charge < -0.3 is 4.90 Å². The minimum atomic E-state index is -3.06. The summed E-state index contributed by atoms with van der Waals surface area (Å²) in [7, 11) is -3.06. The smallest absolute Gasteiger partial charge is 0.266 e. The molecule has 0 N–H and O–H groups in total. The number of carbonyl (C=O) groups excluding carboxylic acids is 1. The number of carbonyl (C=O) groups is 1. The van der Waals surface area contributed by atoms with E-state index in [2.05, 4.69) is 18.7 Å². The zero-order valence-corrected chi connectivity index (χ0v) is 17.3. The molecule has 0 radical (unpaired) electrons. The first-order chi connectivity index (χ1) is 12.3. The van der Waals surface area contributed by atoms with Crippen molar-refractivity contribution in [3.8, 4) is 0 Å². The van der Waals surface area contributed by atoms with Gasteiger partial charge in [-0.05, 0) is 44.0 Å². The van der Waals surface area contributed by atoms with Gasteiger partial charge in [0.05, 0.1) is 22.5 Å². The number of amides is 1. The molecule has 3 rings (SSSR count). The van der Waals surface area contributed by atoms with Crippen LogP contribution in [0.3, 0.4) is 0 Å². The summed E-state index contributed by atoms with van der Waals surface area (Å²) in [4.78, 5) is 17.0. The van der Waals surface area contributed by atoms with Gasteiger partial charge in [-0.25, -0.2) is 8.42 Å². The standard InChI is InChI=1S/C18H22N2O3S3/c1-3-19(4-2)14-7-5-13(6-8-14)11-16-17(21)20(18(24)25-16)15-9-10-26(22,23)12-15/h5-8,11,15H,3-4,9-10,12H2,1-2H3/b16-11-/t15-/m0/s1. The highest BCUT2D eigenvalue weighted by molar-refractivity contribution is 8.26. The Kier molecular flexibility index (Phi) is 5.74. The van der Waals surface area contributed by atoms with E-state index in [0.717, 1.165) is 24.3 Å². The Balaban J connectivity index is 1.78. The summed E-state index contributed by atoms with van der Waals surface area (Å²) in [5, 5.41) is 0. The maximum atomic E-state index is 12.7. The predicted octanol–water partition coefficient (Wildman–Crippen LogP) is 2.92. The zero-order chi connectivity index (χ0) is 18.9. The van der Waals surface area contributed by atoms with Crippen molar-refractivity contribution in [3.63, 3.8) is 0 Å².